The molecular formula is C22H24O9. The third-order valence-electron chi connectivity index (χ3n) is 6.83. The van der Waals surface area contributed by atoms with Crippen molar-refractivity contribution in [2.45, 2.75) is 70.2 Å². The Bertz CT molecular complexity index is 1000. The topological polar surface area (TPSA) is 129 Å². The van der Waals surface area contributed by atoms with Crippen LogP contribution in [0, 0.1) is 5.92 Å². The number of allylic oxidation sites excluding steroid dienone is 1. The van der Waals surface area contributed by atoms with Crippen LogP contribution in [-0.2, 0) is 38.1 Å². The molecule has 31 heavy (non-hydrogen) atoms. The van der Waals surface area contributed by atoms with Gasteiger partial charge in [-0.25, -0.2) is 9.59 Å². The average Bonchev–Trinajstić information content (AvgIpc) is 3.29. The molecule has 4 aliphatic rings. The Kier molecular flexibility index (Phi) is 4.57. The van der Waals surface area contributed by atoms with E-state index in [1.54, 1.807) is 26.8 Å². The predicted octanol–water partition coefficient (Wildman–Crippen LogP) is 0.695. The van der Waals surface area contributed by atoms with E-state index in [0.717, 1.165) is 0 Å². The lowest BCUT2D eigenvalue weighted by Gasteiger charge is -2.37. The second-order valence-electron chi connectivity index (χ2n) is 8.54. The fourth-order valence-corrected chi connectivity index (χ4v) is 4.98. The molecule has 2 aliphatic carbocycles. The lowest BCUT2D eigenvalue weighted by Crippen LogP contribution is -2.56. The van der Waals surface area contributed by atoms with Crippen molar-refractivity contribution < 1.29 is 43.2 Å². The highest BCUT2D eigenvalue weighted by molar-refractivity contribution is 6.09. The van der Waals surface area contributed by atoms with Gasteiger partial charge in [-0.05, 0) is 33.3 Å². The highest BCUT2D eigenvalue weighted by Gasteiger charge is 2.83. The Hall–Kier alpha value is -2.78. The number of epoxide rings is 1. The molecule has 9 nitrogen and oxygen atoms in total. The molecular weight excluding hydrogens is 408 g/mol. The zero-order valence-electron chi connectivity index (χ0n) is 17.9. The van der Waals surface area contributed by atoms with Crippen molar-refractivity contribution >= 4 is 23.7 Å². The number of Topliss-reactive ketones (excluding diaryl/α,β-unsaturated/α-hetero) is 1. The molecule has 7 unspecified atom stereocenters. The SMILES string of the molecule is C=C1C(=O)OC2C1C(OC(C)=O)C(OC(=O)C(C)=CC)C(C)=C1C(=O)C3OC3(C)C12O. The van der Waals surface area contributed by atoms with Crippen molar-refractivity contribution in [2.75, 3.05) is 0 Å². The van der Waals surface area contributed by atoms with Crippen LogP contribution in [0.15, 0.2) is 34.9 Å². The van der Waals surface area contributed by atoms with E-state index in [0.29, 0.717) is 5.57 Å². The number of rotatable bonds is 3. The molecule has 3 fully saturated rings. The normalized spacial score (nSPS) is 41.2. The summed E-state index contributed by atoms with van der Waals surface area (Å²) in [5, 5.41) is 11.9. The van der Waals surface area contributed by atoms with Gasteiger partial charge >= 0.3 is 17.9 Å². The second kappa shape index (κ2) is 6.61. The van der Waals surface area contributed by atoms with Gasteiger partial charge in [0.25, 0.3) is 0 Å². The Morgan fingerprint density at radius 2 is 1.87 bits per heavy atom. The molecule has 9 heteroatoms. The van der Waals surface area contributed by atoms with Gasteiger partial charge in [0.2, 0.25) is 0 Å². The van der Waals surface area contributed by atoms with E-state index in [1.807, 2.05) is 0 Å². The maximum Gasteiger partial charge on any atom is 0.334 e. The predicted molar refractivity (Wildman–Crippen MR) is 103 cm³/mol. The van der Waals surface area contributed by atoms with Gasteiger partial charge in [-0.1, -0.05) is 12.7 Å². The third-order valence-corrected chi connectivity index (χ3v) is 6.83. The van der Waals surface area contributed by atoms with Crippen molar-refractivity contribution in [3.05, 3.63) is 34.9 Å². The molecule has 1 saturated carbocycles. The van der Waals surface area contributed by atoms with Crippen LogP contribution in [0.25, 0.3) is 0 Å². The van der Waals surface area contributed by atoms with Gasteiger partial charge in [0.1, 0.15) is 11.7 Å². The van der Waals surface area contributed by atoms with Crippen LogP contribution in [0.4, 0.5) is 0 Å². The molecule has 2 heterocycles. The van der Waals surface area contributed by atoms with Crippen LogP contribution < -0.4 is 0 Å². The summed E-state index contributed by atoms with van der Waals surface area (Å²) in [6.07, 6.45) is -3.16. The molecule has 0 bridgehead atoms. The first kappa shape index (κ1) is 21.5. The van der Waals surface area contributed by atoms with Crippen LogP contribution in [0.1, 0.15) is 34.6 Å². The number of ether oxygens (including phenoxy) is 4. The van der Waals surface area contributed by atoms with Gasteiger partial charge in [0, 0.05) is 23.6 Å². The first-order valence-electron chi connectivity index (χ1n) is 9.96. The lowest BCUT2D eigenvalue weighted by molar-refractivity contribution is -0.173. The highest BCUT2D eigenvalue weighted by atomic mass is 16.6. The molecule has 1 N–H and O–H groups in total. The van der Waals surface area contributed by atoms with E-state index in [1.165, 1.54) is 13.8 Å². The molecule has 7 atom stereocenters. The first-order valence-corrected chi connectivity index (χ1v) is 9.96. The Morgan fingerprint density at radius 3 is 2.45 bits per heavy atom. The number of fused-ring (bicyclic) bond motifs is 5. The molecule has 0 aromatic rings. The van der Waals surface area contributed by atoms with Crippen LogP contribution in [0.5, 0.6) is 0 Å². The maximum absolute atomic E-state index is 13.1. The van der Waals surface area contributed by atoms with E-state index in [-0.39, 0.29) is 16.7 Å². The summed E-state index contributed by atoms with van der Waals surface area (Å²) < 4.78 is 22.2. The summed E-state index contributed by atoms with van der Waals surface area (Å²) in [5.74, 6) is -3.74. The van der Waals surface area contributed by atoms with Gasteiger partial charge in [0.05, 0.1) is 5.92 Å². The van der Waals surface area contributed by atoms with Gasteiger partial charge in [-0.2, -0.15) is 0 Å². The summed E-state index contributed by atoms with van der Waals surface area (Å²) in [7, 11) is 0. The Morgan fingerprint density at radius 1 is 1.23 bits per heavy atom. The summed E-state index contributed by atoms with van der Waals surface area (Å²) in [5.41, 5.74) is -2.94. The molecule has 166 valence electrons. The molecule has 4 rings (SSSR count). The summed E-state index contributed by atoms with van der Waals surface area (Å²) in [4.78, 5) is 50.1. The van der Waals surface area contributed by atoms with Crippen LogP contribution >= 0.6 is 0 Å². The molecule has 2 aliphatic heterocycles. The molecule has 0 aromatic carbocycles. The number of aliphatic hydroxyl groups is 1. The number of hydrogen-bond acceptors (Lipinski definition) is 9. The fourth-order valence-electron chi connectivity index (χ4n) is 4.98. The van der Waals surface area contributed by atoms with E-state index < -0.39 is 65.2 Å². The van der Waals surface area contributed by atoms with Crippen molar-refractivity contribution in [2.24, 2.45) is 5.92 Å². The van der Waals surface area contributed by atoms with Crippen LogP contribution in [-0.4, -0.2) is 64.4 Å². The van der Waals surface area contributed by atoms with Crippen molar-refractivity contribution in [1.29, 1.82) is 0 Å². The van der Waals surface area contributed by atoms with E-state index in [2.05, 4.69) is 6.58 Å². The lowest BCUT2D eigenvalue weighted by atomic mass is 9.76. The molecule has 0 spiro atoms. The van der Waals surface area contributed by atoms with Gasteiger partial charge < -0.3 is 24.1 Å². The van der Waals surface area contributed by atoms with Gasteiger partial charge in [-0.3, -0.25) is 9.59 Å². The van der Waals surface area contributed by atoms with Crippen molar-refractivity contribution in [1.82, 2.24) is 0 Å². The minimum atomic E-state index is -2.02. The number of esters is 3. The zero-order chi connectivity index (χ0) is 23.0. The maximum atomic E-state index is 13.1. The third kappa shape index (κ3) is 2.62. The summed E-state index contributed by atoms with van der Waals surface area (Å²) >= 11 is 0. The van der Waals surface area contributed by atoms with Crippen LogP contribution in [0.3, 0.4) is 0 Å². The summed E-state index contributed by atoms with van der Waals surface area (Å²) in [6, 6.07) is 0. The quantitative estimate of drug-likeness (QED) is 0.296. The average molecular weight is 432 g/mol. The van der Waals surface area contributed by atoms with Crippen molar-refractivity contribution in [3.63, 3.8) is 0 Å². The van der Waals surface area contributed by atoms with E-state index in [4.69, 9.17) is 18.9 Å². The molecule has 0 amide bonds. The summed E-state index contributed by atoms with van der Waals surface area (Å²) in [6.45, 7) is 11.2. The number of carbonyl (C=O) groups excluding carboxylic acids is 4. The van der Waals surface area contributed by atoms with Gasteiger partial charge in [-0.15, -0.1) is 0 Å². The second-order valence-corrected chi connectivity index (χ2v) is 8.54. The standard InChI is InChI=1S/C22H24O9/c1-7-8(2)19(25)29-15-10(4)13-14(24)18-21(6,31-18)22(13,27)17-12(9(3)20(26)30-17)16(15)28-11(5)23/h7,12,15-18,27H,3H2,1-2,4-6H3. The minimum absolute atomic E-state index is 0.0469. The number of hydrogen-bond donors (Lipinski definition) is 1. The number of ketones is 1. The largest absolute Gasteiger partial charge is 0.457 e. The minimum Gasteiger partial charge on any atom is -0.457 e. The molecule has 0 aromatic heterocycles. The molecule has 0 radical (unpaired) electrons. The monoisotopic (exact) mass is 432 g/mol. The Balaban J connectivity index is 1.95. The number of carbonyl (C=O) groups is 4. The smallest absolute Gasteiger partial charge is 0.334 e. The fraction of sp³-hybridized carbons (Fsp3) is 0.545. The van der Waals surface area contributed by atoms with Crippen molar-refractivity contribution in [3.8, 4) is 0 Å². The first-order chi connectivity index (χ1) is 14.4. The highest BCUT2D eigenvalue weighted by Crippen LogP contribution is 2.63. The van der Waals surface area contributed by atoms with E-state index in [9.17, 15) is 24.3 Å². The molecule has 2 saturated heterocycles. The van der Waals surface area contributed by atoms with Gasteiger partial charge in [0.15, 0.2) is 29.7 Å². The van der Waals surface area contributed by atoms with E-state index >= 15 is 0 Å². The Labute approximate surface area is 178 Å². The van der Waals surface area contributed by atoms with Crippen LogP contribution in [0.2, 0.25) is 0 Å². The zero-order valence-corrected chi connectivity index (χ0v) is 17.9.